The van der Waals surface area contributed by atoms with Crippen LogP contribution in [0.2, 0.25) is 0 Å². The third kappa shape index (κ3) is 3.75. The molecule has 30 heavy (non-hydrogen) atoms. The third-order valence-electron chi connectivity index (χ3n) is 5.21. The van der Waals surface area contributed by atoms with Gasteiger partial charge in [-0.2, -0.15) is 4.31 Å². The second kappa shape index (κ2) is 8.04. The van der Waals surface area contributed by atoms with E-state index in [4.69, 9.17) is 4.74 Å². The summed E-state index contributed by atoms with van der Waals surface area (Å²) >= 11 is 0. The van der Waals surface area contributed by atoms with E-state index in [0.717, 1.165) is 17.2 Å². The van der Waals surface area contributed by atoms with E-state index in [9.17, 15) is 8.42 Å². The molecule has 10 heteroatoms. The van der Waals surface area contributed by atoms with Crippen molar-refractivity contribution in [1.82, 2.24) is 24.1 Å². The molecule has 3 aromatic rings. The summed E-state index contributed by atoms with van der Waals surface area (Å²) in [6.45, 7) is 5.60. The molecule has 0 bridgehead atoms. The highest BCUT2D eigenvalue weighted by Gasteiger charge is 2.31. The maximum absolute atomic E-state index is 13.1. The Kier molecular flexibility index (Phi) is 5.44. The molecule has 1 saturated heterocycles. The lowest BCUT2D eigenvalue weighted by molar-refractivity contribution is 0.373. The molecule has 0 spiro atoms. The van der Waals surface area contributed by atoms with E-state index in [1.54, 1.807) is 24.4 Å². The molecule has 2 aromatic heterocycles. The second-order valence-corrected chi connectivity index (χ2v) is 9.05. The van der Waals surface area contributed by atoms with Crippen molar-refractivity contribution in [2.24, 2.45) is 0 Å². The highest BCUT2D eigenvalue weighted by Crippen LogP contribution is 2.28. The van der Waals surface area contributed by atoms with Gasteiger partial charge >= 0.3 is 0 Å². The average molecular weight is 429 g/mol. The van der Waals surface area contributed by atoms with Crippen LogP contribution in [0.4, 0.5) is 5.82 Å². The van der Waals surface area contributed by atoms with Crippen molar-refractivity contribution < 1.29 is 13.2 Å². The number of anilines is 1. The predicted molar refractivity (Wildman–Crippen MR) is 113 cm³/mol. The van der Waals surface area contributed by atoms with Gasteiger partial charge in [0.05, 0.1) is 7.11 Å². The zero-order valence-corrected chi connectivity index (χ0v) is 18.0. The minimum Gasteiger partial charge on any atom is -0.495 e. The number of hydrogen-bond acceptors (Lipinski definition) is 7. The molecule has 0 radical (unpaired) electrons. The number of aromatic nitrogens is 4. The van der Waals surface area contributed by atoms with E-state index in [1.807, 2.05) is 41.6 Å². The lowest BCUT2D eigenvalue weighted by Gasteiger charge is -2.34. The topological polar surface area (TPSA) is 93.5 Å². The number of hydrogen-bond donors (Lipinski definition) is 0. The van der Waals surface area contributed by atoms with Gasteiger partial charge in [0.25, 0.3) is 0 Å². The maximum Gasteiger partial charge on any atom is 0.246 e. The van der Waals surface area contributed by atoms with Gasteiger partial charge in [0, 0.05) is 38.6 Å². The summed E-state index contributed by atoms with van der Waals surface area (Å²) in [7, 11) is -2.15. The van der Waals surface area contributed by atoms with Crippen LogP contribution in [0.1, 0.15) is 11.4 Å². The quantitative estimate of drug-likeness (QED) is 0.612. The van der Waals surface area contributed by atoms with Crippen LogP contribution in [0.25, 0.3) is 5.82 Å². The molecular formula is C20H24N6O3S. The molecule has 1 aromatic carbocycles. The highest BCUT2D eigenvalue weighted by atomic mass is 32.2. The van der Waals surface area contributed by atoms with E-state index < -0.39 is 10.0 Å². The molecule has 3 heterocycles. The van der Waals surface area contributed by atoms with Crippen molar-refractivity contribution in [3.05, 3.63) is 54.1 Å². The van der Waals surface area contributed by atoms with Crippen molar-refractivity contribution >= 4 is 15.8 Å². The number of benzene rings is 1. The molecular weight excluding hydrogens is 404 g/mol. The summed E-state index contributed by atoms with van der Waals surface area (Å²) in [5.41, 5.74) is 0.948. The first-order valence-electron chi connectivity index (χ1n) is 9.64. The fraction of sp³-hybridized carbons (Fsp3) is 0.350. The first-order chi connectivity index (χ1) is 14.4. The molecule has 0 atom stereocenters. The number of ether oxygens (including phenoxy) is 1. The van der Waals surface area contributed by atoms with Crippen molar-refractivity contribution in [2.45, 2.75) is 18.7 Å². The maximum atomic E-state index is 13.1. The Bertz CT molecular complexity index is 1140. The van der Waals surface area contributed by atoms with Crippen molar-refractivity contribution in [3.8, 4) is 11.6 Å². The van der Waals surface area contributed by atoms with Crippen LogP contribution in [-0.2, 0) is 10.0 Å². The molecule has 1 aliphatic heterocycles. The molecule has 0 N–H and O–H groups in total. The Morgan fingerprint density at radius 3 is 2.27 bits per heavy atom. The van der Waals surface area contributed by atoms with Crippen molar-refractivity contribution in [2.75, 3.05) is 38.2 Å². The molecule has 0 unspecified atom stereocenters. The van der Waals surface area contributed by atoms with Gasteiger partial charge in [0.1, 0.15) is 16.5 Å². The largest absolute Gasteiger partial charge is 0.495 e. The molecule has 9 nitrogen and oxygen atoms in total. The van der Waals surface area contributed by atoms with Crippen LogP contribution >= 0.6 is 0 Å². The fourth-order valence-electron chi connectivity index (χ4n) is 3.52. The summed E-state index contributed by atoms with van der Waals surface area (Å²) in [6.07, 6.45) is 3.55. The molecule has 1 aliphatic rings. The van der Waals surface area contributed by atoms with Gasteiger partial charge in [-0.15, -0.1) is 10.2 Å². The summed E-state index contributed by atoms with van der Waals surface area (Å²) in [4.78, 5) is 6.43. The summed E-state index contributed by atoms with van der Waals surface area (Å²) in [6, 6.07) is 8.91. The monoisotopic (exact) mass is 428 g/mol. The normalized spacial score (nSPS) is 15.4. The van der Waals surface area contributed by atoms with Gasteiger partial charge in [-0.05, 0) is 43.7 Å². The van der Waals surface area contributed by atoms with E-state index in [0.29, 0.717) is 37.7 Å². The van der Waals surface area contributed by atoms with Crippen molar-refractivity contribution in [1.29, 1.82) is 0 Å². The van der Waals surface area contributed by atoms with Gasteiger partial charge in [0.15, 0.2) is 11.6 Å². The number of methoxy groups -OCH3 is 1. The Hall–Kier alpha value is -2.98. The Morgan fingerprint density at radius 2 is 1.67 bits per heavy atom. The van der Waals surface area contributed by atoms with Gasteiger partial charge in [-0.25, -0.2) is 13.4 Å². The molecule has 4 rings (SSSR count). The number of sulfonamides is 1. The van der Waals surface area contributed by atoms with Crippen LogP contribution in [-0.4, -0.2) is 65.8 Å². The van der Waals surface area contributed by atoms with E-state index in [1.165, 1.54) is 11.4 Å². The fourth-order valence-corrected chi connectivity index (χ4v) is 5.08. The average Bonchev–Trinajstić information content (AvgIpc) is 3.19. The number of piperazine rings is 1. The van der Waals surface area contributed by atoms with Gasteiger partial charge in [-0.3, -0.25) is 4.57 Å². The van der Waals surface area contributed by atoms with Crippen LogP contribution in [0.3, 0.4) is 0 Å². The summed E-state index contributed by atoms with van der Waals surface area (Å²) < 4.78 is 34.9. The van der Waals surface area contributed by atoms with Gasteiger partial charge < -0.3 is 9.64 Å². The minimum absolute atomic E-state index is 0.198. The number of imidazole rings is 1. The predicted octanol–water partition coefficient (Wildman–Crippen LogP) is 1.80. The summed E-state index contributed by atoms with van der Waals surface area (Å²) in [5, 5.41) is 8.61. The third-order valence-corrected chi connectivity index (χ3v) is 7.15. The van der Waals surface area contributed by atoms with Crippen LogP contribution in [0, 0.1) is 13.8 Å². The molecule has 0 saturated carbocycles. The SMILES string of the molecule is COc1cc(C)ccc1S(=O)(=O)N1CCN(c2ccc(-n3ccnc3C)nn2)CC1. The van der Waals surface area contributed by atoms with Crippen LogP contribution < -0.4 is 9.64 Å². The van der Waals surface area contributed by atoms with Crippen molar-refractivity contribution in [3.63, 3.8) is 0 Å². The zero-order chi connectivity index (χ0) is 21.3. The molecule has 0 aliphatic carbocycles. The first-order valence-corrected chi connectivity index (χ1v) is 11.1. The van der Waals surface area contributed by atoms with E-state index >= 15 is 0 Å². The van der Waals surface area contributed by atoms with E-state index in [-0.39, 0.29) is 4.90 Å². The van der Waals surface area contributed by atoms with Gasteiger partial charge in [-0.1, -0.05) is 6.07 Å². The molecule has 158 valence electrons. The minimum atomic E-state index is -3.63. The second-order valence-electron chi connectivity index (χ2n) is 7.14. The number of aryl methyl sites for hydroxylation is 2. The Labute approximate surface area is 176 Å². The lowest BCUT2D eigenvalue weighted by atomic mass is 10.2. The summed E-state index contributed by atoms with van der Waals surface area (Å²) in [5.74, 6) is 2.62. The Balaban J connectivity index is 1.47. The molecule has 0 amide bonds. The number of nitrogens with zero attached hydrogens (tertiary/aromatic N) is 6. The smallest absolute Gasteiger partial charge is 0.246 e. The van der Waals surface area contributed by atoms with E-state index in [2.05, 4.69) is 15.2 Å². The lowest BCUT2D eigenvalue weighted by Crippen LogP contribution is -2.49. The van der Waals surface area contributed by atoms with Crippen LogP contribution in [0.5, 0.6) is 5.75 Å². The first kappa shape index (κ1) is 20.3. The zero-order valence-electron chi connectivity index (χ0n) is 17.2. The van der Waals surface area contributed by atoms with Crippen LogP contribution in [0.15, 0.2) is 47.6 Å². The molecule has 1 fully saturated rings. The standard InChI is InChI=1S/C20H24N6O3S/c1-15-4-5-18(17(14-15)29-3)30(27,28)25-12-10-24(11-13-25)19-6-7-20(23-22-19)26-9-8-21-16(26)2/h4-9,14H,10-13H2,1-3H3. The highest BCUT2D eigenvalue weighted by molar-refractivity contribution is 7.89. The Morgan fingerprint density at radius 1 is 0.967 bits per heavy atom. The number of rotatable bonds is 5. The van der Waals surface area contributed by atoms with Gasteiger partial charge in [0.2, 0.25) is 10.0 Å².